The van der Waals surface area contributed by atoms with Crippen LogP contribution in [0.1, 0.15) is 0 Å². The van der Waals surface area contributed by atoms with Gasteiger partial charge in [0, 0.05) is 5.56 Å². The highest BCUT2D eigenvalue weighted by Crippen LogP contribution is 2.26. The summed E-state index contributed by atoms with van der Waals surface area (Å²) in [5.41, 5.74) is 7.00. The predicted octanol–water partition coefficient (Wildman–Crippen LogP) is 2.48. The predicted molar refractivity (Wildman–Crippen MR) is 60.6 cm³/mol. The number of pyridine rings is 1. The Morgan fingerprint density at radius 2 is 1.94 bits per heavy atom. The fourth-order valence-corrected chi connectivity index (χ4v) is 1.43. The molecule has 0 saturated heterocycles. The molecule has 0 saturated carbocycles. The number of methoxy groups -OCH3 is 1. The Hall–Kier alpha value is -2.10. The lowest BCUT2D eigenvalue weighted by Crippen LogP contribution is -1.97. The first kappa shape index (κ1) is 10.4. The van der Waals surface area contributed by atoms with Crippen molar-refractivity contribution >= 4 is 5.69 Å². The molecule has 0 aliphatic carbocycles. The summed E-state index contributed by atoms with van der Waals surface area (Å²) in [5.74, 6) is -0.0115. The van der Waals surface area contributed by atoms with E-state index in [9.17, 15) is 4.39 Å². The van der Waals surface area contributed by atoms with E-state index < -0.39 is 0 Å². The monoisotopic (exact) mass is 218 g/mol. The number of halogens is 1. The van der Waals surface area contributed by atoms with Crippen LogP contribution >= 0.6 is 0 Å². The number of aromatic nitrogens is 1. The van der Waals surface area contributed by atoms with Gasteiger partial charge in [-0.15, -0.1) is 0 Å². The zero-order chi connectivity index (χ0) is 11.5. The molecule has 0 radical (unpaired) electrons. The number of hydrogen-bond acceptors (Lipinski definition) is 3. The van der Waals surface area contributed by atoms with Crippen LogP contribution in [0.15, 0.2) is 36.4 Å². The van der Waals surface area contributed by atoms with Crippen LogP contribution in [0.25, 0.3) is 11.3 Å². The second kappa shape index (κ2) is 4.18. The highest BCUT2D eigenvalue weighted by Gasteiger charge is 2.08. The molecule has 2 aromatic rings. The second-order valence-corrected chi connectivity index (χ2v) is 3.27. The number of nitrogens with zero attached hydrogens (tertiary/aromatic N) is 1. The molecule has 0 atom stereocenters. The van der Waals surface area contributed by atoms with Crippen molar-refractivity contribution in [3.8, 4) is 17.1 Å². The lowest BCUT2D eigenvalue weighted by molar-refractivity contribution is 0.401. The number of nitrogen functional groups attached to an aromatic ring is 1. The van der Waals surface area contributed by atoms with Gasteiger partial charge < -0.3 is 10.5 Å². The van der Waals surface area contributed by atoms with Crippen molar-refractivity contribution in [2.45, 2.75) is 0 Å². The Balaban J connectivity index is 2.53. The third-order valence-corrected chi connectivity index (χ3v) is 2.23. The van der Waals surface area contributed by atoms with E-state index in [1.807, 2.05) is 0 Å². The Labute approximate surface area is 92.7 Å². The Kier molecular flexibility index (Phi) is 2.72. The van der Waals surface area contributed by atoms with Crippen LogP contribution in [-0.4, -0.2) is 12.1 Å². The molecule has 0 spiro atoms. The summed E-state index contributed by atoms with van der Waals surface area (Å²) < 4.78 is 18.5. The van der Waals surface area contributed by atoms with Crippen LogP contribution in [0, 0.1) is 5.82 Å². The zero-order valence-corrected chi connectivity index (χ0v) is 8.77. The van der Waals surface area contributed by atoms with Crippen LogP contribution in [0.2, 0.25) is 0 Å². The summed E-state index contributed by atoms with van der Waals surface area (Å²) in [6.07, 6.45) is 0. The Morgan fingerprint density at radius 1 is 1.19 bits per heavy atom. The number of nitrogens with two attached hydrogens (primary N) is 1. The molecule has 3 nitrogen and oxygen atoms in total. The van der Waals surface area contributed by atoms with E-state index in [-0.39, 0.29) is 5.82 Å². The maximum atomic E-state index is 13.5. The van der Waals surface area contributed by atoms with Crippen LogP contribution in [0.5, 0.6) is 5.88 Å². The molecule has 0 bridgehead atoms. The van der Waals surface area contributed by atoms with Gasteiger partial charge >= 0.3 is 0 Å². The molecule has 0 unspecified atom stereocenters. The van der Waals surface area contributed by atoms with Gasteiger partial charge in [-0.25, -0.2) is 9.37 Å². The van der Waals surface area contributed by atoms with Crippen molar-refractivity contribution in [3.05, 3.63) is 42.2 Å². The summed E-state index contributed by atoms with van der Waals surface area (Å²) in [6.45, 7) is 0. The fourth-order valence-electron chi connectivity index (χ4n) is 1.43. The summed E-state index contributed by atoms with van der Waals surface area (Å²) in [7, 11) is 1.48. The molecular weight excluding hydrogens is 207 g/mol. The van der Waals surface area contributed by atoms with Crippen molar-refractivity contribution in [3.63, 3.8) is 0 Å². The average Bonchev–Trinajstić information content (AvgIpc) is 2.31. The van der Waals surface area contributed by atoms with E-state index in [1.54, 1.807) is 30.3 Å². The molecule has 1 aromatic heterocycles. The van der Waals surface area contributed by atoms with Crippen LogP contribution in [-0.2, 0) is 0 Å². The van der Waals surface area contributed by atoms with Gasteiger partial charge in [-0.05, 0) is 24.3 Å². The number of rotatable bonds is 2. The van der Waals surface area contributed by atoms with Gasteiger partial charge in [0.1, 0.15) is 5.82 Å². The highest BCUT2D eigenvalue weighted by molar-refractivity contribution is 5.64. The smallest absolute Gasteiger partial charge is 0.237 e. The quantitative estimate of drug-likeness (QED) is 0.842. The van der Waals surface area contributed by atoms with Gasteiger partial charge in [0.15, 0.2) is 0 Å². The normalized spacial score (nSPS) is 10.1. The summed E-state index contributed by atoms with van der Waals surface area (Å²) in [6, 6.07) is 9.74. The molecular formula is C12H11FN2O. The van der Waals surface area contributed by atoms with Crippen LogP contribution < -0.4 is 10.5 Å². The Morgan fingerprint density at radius 3 is 2.62 bits per heavy atom. The topological polar surface area (TPSA) is 48.1 Å². The zero-order valence-electron chi connectivity index (χ0n) is 8.77. The average molecular weight is 218 g/mol. The van der Waals surface area contributed by atoms with Crippen molar-refractivity contribution in [1.29, 1.82) is 0 Å². The number of ether oxygens (including phenoxy) is 1. The standard InChI is InChI=1S/C12H11FN2O/c1-16-12-10(14)6-7-11(15-12)8-4-2-3-5-9(8)13/h2-7H,14H2,1H3. The molecule has 4 heteroatoms. The molecule has 2 N–H and O–H groups in total. The fraction of sp³-hybridized carbons (Fsp3) is 0.0833. The van der Waals surface area contributed by atoms with Crippen molar-refractivity contribution in [2.24, 2.45) is 0 Å². The van der Waals surface area contributed by atoms with Crippen molar-refractivity contribution in [1.82, 2.24) is 4.98 Å². The molecule has 82 valence electrons. The van der Waals surface area contributed by atoms with Crippen molar-refractivity contribution in [2.75, 3.05) is 12.8 Å². The summed E-state index contributed by atoms with van der Waals surface area (Å²) >= 11 is 0. The van der Waals surface area contributed by atoms with Gasteiger partial charge in [-0.3, -0.25) is 0 Å². The third kappa shape index (κ3) is 1.82. The summed E-state index contributed by atoms with van der Waals surface area (Å²) in [4.78, 5) is 4.13. The second-order valence-electron chi connectivity index (χ2n) is 3.27. The van der Waals surface area contributed by atoms with Gasteiger partial charge in [-0.1, -0.05) is 12.1 Å². The van der Waals surface area contributed by atoms with Crippen LogP contribution in [0.4, 0.5) is 10.1 Å². The highest BCUT2D eigenvalue weighted by atomic mass is 19.1. The lowest BCUT2D eigenvalue weighted by Gasteiger charge is -2.06. The molecule has 1 heterocycles. The van der Waals surface area contributed by atoms with Crippen LogP contribution in [0.3, 0.4) is 0 Å². The van der Waals surface area contributed by atoms with Gasteiger partial charge in [0.2, 0.25) is 5.88 Å². The first-order valence-corrected chi connectivity index (χ1v) is 4.78. The van der Waals surface area contributed by atoms with E-state index in [0.717, 1.165) is 0 Å². The number of hydrogen-bond donors (Lipinski definition) is 1. The van der Waals surface area contributed by atoms with Crippen molar-refractivity contribution < 1.29 is 9.13 Å². The molecule has 0 aliphatic heterocycles. The third-order valence-electron chi connectivity index (χ3n) is 2.23. The molecule has 0 amide bonds. The number of benzene rings is 1. The minimum atomic E-state index is -0.318. The van der Waals surface area contributed by atoms with Gasteiger partial charge in [-0.2, -0.15) is 0 Å². The maximum absolute atomic E-state index is 13.5. The van der Waals surface area contributed by atoms with E-state index in [1.165, 1.54) is 13.2 Å². The first-order chi connectivity index (χ1) is 7.72. The number of anilines is 1. The summed E-state index contributed by atoms with van der Waals surface area (Å²) in [5, 5.41) is 0. The van der Waals surface area contributed by atoms with Gasteiger partial charge in [0.25, 0.3) is 0 Å². The maximum Gasteiger partial charge on any atom is 0.237 e. The van der Waals surface area contributed by atoms with E-state index in [4.69, 9.17) is 10.5 Å². The molecule has 0 fully saturated rings. The molecule has 1 aromatic carbocycles. The van der Waals surface area contributed by atoms with Gasteiger partial charge in [0.05, 0.1) is 18.5 Å². The SMILES string of the molecule is COc1nc(-c2ccccc2F)ccc1N. The molecule has 16 heavy (non-hydrogen) atoms. The lowest BCUT2D eigenvalue weighted by atomic mass is 10.1. The minimum absolute atomic E-state index is 0.306. The minimum Gasteiger partial charge on any atom is -0.480 e. The van der Waals surface area contributed by atoms with E-state index in [0.29, 0.717) is 22.8 Å². The Bertz CT molecular complexity index is 514. The van der Waals surface area contributed by atoms with E-state index in [2.05, 4.69) is 4.98 Å². The van der Waals surface area contributed by atoms with E-state index >= 15 is 0 Å². The largest absolute Gasteiger partial charge is 0.480 e. The first-order valence-electron chi connectivity index (χ1n) is 4.78. The molecule has 0 aliphatic rings. The molecule has 2 rings (SSSR count).